The molecule has 0 aromatic heterocycles. The van der Waals surface area contributed by atoms with Crippen molar-refractivity contribution in [2.24, 2.45) is 0 Å². The Morgan fingerprint density at radius 3 is 2.39 bits per heavy atom. The summed E-state index contributed by atoms with van der Waals surface area (Å²) in [5, 5.41) is 3.28. The SMILES string of the molecule is Cc1cccc(CN(C(=O)COc2ccc(Br)c(C)c2)C(Cc2ccccc2)C(=O)NC2CCCCC2)c1. The Morgan fingerprint density at radius 1 is 0.947 bits per heavy atom. The summed E-state index contributed by atoms with van der Waals surface area (Å²) in [7, 11) is 0. The van der Waals surface area contributed by atoms with Gasteiger partial charge in [-0.25, -0.2) is 0 Å². The van der Waals surface area contributed by atoms with Gasteiger partial charge in [-0.05, 0) is 61.6 Å². The second-order valence-electron chi connectivity index (χ2n) is 10.3. The van der Waals surface area contributed by atoms with Crippen molar-refractivity contribution >= 4 is 27.7 Å². The van der Waals surface area contributed by atoms with Gasteiger partial charge in [0.2, 0.25) is 5.91 Å². The molecule has 1 atom stereocenters. The lowest BCUT2D eigenvalue weighted by Gasteiger charge is -2.33. The molecule has 38 heavy (non-hydrogen) atoms. The summed E-state index contributed by atoms with van der Waals surface area (Å²) in [6.07, 6.45) is 5.88. The van der Waals surface area contributed by atoms with E-state index in [2.05, 4.69) is 27.3 Å². The summed E-state index contributed by atoms with van der Waals surface area (Å²) in [6, 6.07) is 23.2. The van der Waals surface area contributed by atoms with E-state index in [0.29, 0.717) is 18.7 Å². The topological polar surface area (TPSA) is 58.6 Å². The van der Waals surface area contributed by atoms with Crippen LogP contribution in [0.3, 0.4) is 0 Å². The lowest BCUT2D eigenvalue weighted by molar-refractivity contribution is -0.143. The van der Waals surface area contributed by atoms with Crippen LogP contribution in [0.5, 0.6) is 5.75 Å². The van der Waals surface area contributed by atoms with Crippen LogP contribution < -0.4 is 10.1 Å². The molecule has 0 heterocycles. The third-order valence-electron chi connectivity index (χ3n) is 7.15. The molecular weight excluding hydrogens is 540 g/mol. The van der Waals surface area contributed by atoms with Gasteiger partial charge in [-0.1, -0.05) is 95.4 Å². The second-order valence-corrected chi connectivity index (χ2v) is 11.1. The third kappa shape index (κ3) is 7.94. The average Bonchev–Trinajstić information content (AvgIpc) is 2.92. The van der Waals surface area contributed by atoms with E-state index in [1.807, 2.05) is 80.6 Å². The first-order valence-electron chi connectivity index (χ1n) is 13.5. The largest absolute Gasteiger partial charge is 0.484 e. The lowest BCUT2D eigenvalue weighted by Crippen LogP contribution is -2.53. The number of nitrogens with zero attached hydrogens (tertiary/aromatic N) is 1. The van der Waals surface area contributed by atoms with Gasteiger partial charge in [0.05, 0.1) is 0 Å². The van der Waals surface area contributed by atoms with Crippen molar-refractivity contribution in [3.63, 3.8) is 0 Å². The van der Waals surface area contributed by atoms with Gasteiger partial charge in [-0.2, -0.15) is 0 Å². The van der Waals surface area contributed by atoms with Crippen molar-refractivity contribution in [3.05, 3.63) is 99.5 Å². The number of carbonyl (C=O) groups excluding carboxylic acids is 2. The molecule has 5 nitrogen and oxygen atoms in total. The molecule has 1 N–H and O–H groups in total. The number of aryl methyl sites for hydroxylation is 2. The molecule has 0 bridgehead atoms. The van der Waals surface area contributed by atoms with Crippen LogP contribution in [0.15, 0.2) is 77.3 Å². The summed E-state index contributed by atoms with van der Waals surface area (Å²) in [5.41, 5.74) is 4.15. The number of halogens is 1. The molecule has 1 saturated carbocycles. The fourth-order valence-electron chi connectivity index (χ4n) is 5.04. The average molecular weight is 578 g/mol. The molecule has 1 aliphatic carbocycles. The van der Waals surface area contributed by atoms with E-state index < -0.39 is 6.04 Å². The number of nitrogens with one attached hydrogen (secondary N) is 1. The number of benzene rings is 3. The van der Waals surface area contributed by atoms with Crippen LogP contribution >= 0.6 is 15.9 Å². The number of ether oxygens (including phenoxy) is 1. The van der Waals surface area contributed by atoms with Gasteiger partial charge in [-0.15, -0.1) is 0 Å². The van der Waals surface area contributed by atoms with Crippen molar-refractivity contribution in [2.45, 2.75) is 71.0 Å². The maximum absolute atomic E-state index is 13.8. The molecule has 0 aliphatic heterocycles. The van der Waals surface area contributed by atoms with E-state index in [-0.39, 0.29) is 24.5 Å². The van der Waals surface area contributed by atoms with Gasteiger partial charge < -0.3 is 15.0 Å². The summed E-state index contributed by atoms with van der Waals surface area (Å²) in [4.78, 5) is 29.3. The van der Waals surface area contributed by atoms with Crippen molar-refractivity contribution in [3.8, 4) is 5.75 Å². The summed E-state index contributed by atoms with van der Waals surface area (Å²) in [6.45, 7) is 4.20. The van der Waals surface area contributed by atoms with Gasteiger partial charge in [0.1, 0.15) is 11.8 Å². The number of amides is 2. The third-order valence-corrected chi connectivity index (χ3v) is 8.04. The van der Waals surface area contributed by atoms with E-state index in [1.165, 1.54) is 6.42 Å². The van der Waals surface area contributed by atoms with Crippen LogP contribution in [-0.4, -0.2) is 35.4 Å². The fraction of sp³-hybridized carbons (Fsp3) is 0.375. The zero-order valence-corrected chi connectivity index (χ0v) is 23.9. The molecule has 0 spiro atoms. The first kappa shape index (κ1) is 27.9. The van der Waals surface area contributed by atoms with Crippen molar-refractivity contribution in [2.75, 3.05) is 6.61 Å². The molecule has 1 unspecified atom stereocenters. The molecular formula is C32H37BrN2O3. The van der Waals surface area contributed by atoms with Crippen LogP contribution in [0, 0.1) is 13.8 Å². The summed E-state index contributed by atoms with van der Waals surface area (Å²) >= 11 is 3.51. The number of rotatable bonds is 10. The highest BCUT2D eigenvalue weighted by molar-refractivity contribution is 9.10. The van der Waals surface area contributed by atoms with Crippen molar-refractivity contribution in [1.82, 2.24) is 10.2 Å². The Balaban J connectivity index is 1.61. The second kappa shape index (κ2) is 13.6. The van der Waals surface area contributed by atoms with Gasteiger partial charge in [-0.3, -0.25) is 9.59 Å². The highest BCUT2D eigenvalue weighted by Crippen LogP contribution is 2.23. The fourth-order valence-corrected chi connectivity index (χ4v) is 5.29. The van der Waals surface area contributed by atoms with Crippen LogP contribution in [0.25, 0.3) is 0 Å². The van der Waals surface area contributed by atoms with E-state index >= 15 is 0 Å². The number of hydrogen-bond acceptors (Lipinski definition) is 3. The maximum atomic E-state index is 13.8. The lowest BCUT2D eigenvalue weighted by atomic mass is 9.94. The van der Waals surface area contributed by atoms with E-state index in [1.54, 1.807) is 4.90 Å². The molecule has 1 fully saturated rings. The van der Waals surface area contributed by atoms with Crippen LogP contribution in [0.1, 0.15) is 54.4 Å². The first-order chi connectivity index (χ1) is 18.4. The van der Waals surface area contributed by atoms with Crippen molar-refractivity contribution < 1.29 is 14.3 Å². The standard InChI is InChI=1S/C32H37BrN2O3/c1-23-10-9-13-26(18-23)21-35(31(36)22-38-28-16-17-29(33)24(2)19-28)30(20-25-11-5-3-6-12-25)32(37)34-27-14-7-4-8-15-27/h3,5-6,9-13,16-19,27,30H,4,7-8,14-15,20-22H2,1-2H3,(H,34,37). The number of hydrogen-bond donors (Lipinski definition) is 1. The highest BCUT2D eigenvalue weighted by Gasteiger charge is 2.32. The van der Waals surface area contributed by atoms with Gasteiger partial charge >= 0.3 is 0 Å². The molecule has 6 heteroatoms. The minimum absolute atomic E-state index is 0.0961. The van der Waals surface area contributed by atoms with E-state index in [0.717, 1.165) is 52.4 Å². The summed E-state index contributed by atoms with van der Waals surface area (Å²) in [5.74, 6) is 0.314. The van der Waals surface area contributed by atoms with Crippen LogP contribution in [-0.2, 0) is 22.6 Å². The molecule has 1 aliphatic rings. The normalized spacial score (nSPS) is 14.5. The molecule has 200 valence electrons. The Kier molecular flexibility index (Phi) is 9.99. The summed E-state index contributed by atoms with van der Waals surface area (Å²) < 4.78 is 6.92. The predicted octanol–water partition coefficient (Wildman–Crippen LogP) is 6.53. The molecule has 3 aromatic carbocycles. The molecule has 4 rings (SSSR count). The molecule has 0 radical (unpaired) electrons. The van der Waals surface area contributed by atoms with E-state index in [4.69, 9.17) is 4.74 Å². The molecule has 0 saturated heterocycles. The Hall–Kier alpha value is -3.12. The predicted molar refractivity (Wildman–Crippen MR) is 155 cm³/mol. The van der Waals surface area contributed by atoms with Crippen molar-refractivity contribution in [1.29, 1.82) is 0 Å². The highest BCUT2D eigenvalue weighted by atomic mass is 79.9. The minimum Gasteiger partial charge on any atom is -0.484 e. The van der Waals surface area contributed by atoms with E-state index in [9.17, 15) is 9.59 Å². The zero-order valence-electron chi connectivity index (χ0n) is 22.3. The van der Waals surface area contributed by atoms with Gasteiger partial charge in [0, 0.05) is 23.5 Å². The van der Waals surface area contributed by atoms with Crippen LogP contribution in [0.4, 0.5) is 0 Å². The Bertz CT molecular complexity index is 1220. The maximum Gasteiger partial charge on any atom is 0.261 e. The molecule has 3 aromatic rings. The van der Waals surface area contributed by atoms with Crippen LogP contribution in [0.2, 0.25) is 0 Å². The van der Waals surface area contributed by atoms with Gasteiger partial charge in [0.15, 0.2) is 6.61 Å². The first-order valence-corrected chi connectivity index (χ1v) is 14.3. The zero-order chi connectivity index (χ0) is 26.9. The smallest absolute Gasteiger partial charge is 0.261 e. The number of carbonyl (C=O) groups is 2. The molecule has 2 amide bonds. The monoisotopic (exact) mass is 576 g/mol. The van der Waals surface area contributed by atoms with Gasteiger partial charge in [0.25, 0.3) is 5.91 Å². The quantitative estimate of drug-likeness (QED) is 0.298. The Labute approximate surface area is 234 Å². The minimum atomic E-state index is -0.650. The Morgan fingerprint density at radius 2 is 1.68 bits per heavy atom.